The highest BCUT2D eigenvalue weighted by Gasteiger charge is 2.11. The lowest BCUT2D eigenvalue weighted by atomic mass is 10.2. The number of aromatic nitrogens is 2. The molecule has 1 aliphatic rings. The molecule has 2 heterocycles. The first-order valence-corrected chi connectivity index (χ1v) is 8.09. The van der Waals surface area contributed by atoms with Crippen LogP contribution >= 0.6 is 0 Å². The van der Waals surface area contributed by atoms with Crippen LogP contribution in [0, 0.1) is 0 Å². The van der Waals surface area contributed by atoms with Gasteiger partial charge in [-0.25, -0.2) is 0 Å². The van der Waals surface area contributed by atoms with Gasteiger partial charge in [-0.15, -0.1) is 0 Å². The molecule has 0 amide bonds. The highest BCUT2D eigenvalue weighted by atomic mass is 16.5. The number of ether oxygens (including phenoxy) is 2. The minimum atomic E-state index is 0.675. The predicted molar refractivity (Wildman–Crippen MR) is 93.9 cm³/mol. The molecule has 0 radical (unpaired) electrons. The zero-order valence-corrected chi connectivity index (χ0v) is 14.1. The Balaban J connectivity index is 1.56. The molecule has 2 N–H and O–H groups in total. The number of nitrogens with one attached hydrogen (secondary N) is 2. The summed E-state index contributed by atoms with van der Waals surface area (Å²) in [7, 11) is 3.67. The van der Waals surface area contributed by atoms with Gasteiger partial charge in [0.05, 0.1) is 19.4 Å². The van der Waals surface area contributed by atoms with Crippen molar-refractivity contribution < 1.29 is 9.47 Å². The van der Waals surface area contributed by atoms with E-state index in [9.17, 15) is 0 Å². The Bertz CT molecular complexity index is 711. The van der Waals surface area contributed by atoms with Crippen LogP contribution in [0.4, 0.5) is 5.69 Å². The standard InChI is InChI=1S/C17H23N5O2/c1-18-17(19-7-6-13-11-20-22(2)12-13)21-14-4-5-15-16(10-14)24-9-3-8-23-15/h4-5,10-12H,3,6-9H2,1-2H3,(H2,18,19,21). The normalized spacial score (nSPS) is 14.2. The Labute approximate surface area is 141 Å². The van der Waals surface area contributed by atoms with E-state index in [2.05, 4.69) is 20.7 Å². The van der Waals surface area contributed by atoms with Crippen molar-refractivity contribution in [1.82, 2.24) is 15.1 Å². The van der Waals surface area contributed by atoms with E-state index >= 15 is 0 Å². The van der Waals surface area contributed by atoms with Crippen LogP contribution in [0.25, 0.3) is 0 Å². The maximum atomic E-state index is 5.71. The number of anilines is 1. The second-order valence-electron chi connectivity index (χ2n) is 5.61. The van der Waals surface area contributed by atoms with Gasteiger partial charge in [-0.1, -0.05) is 0 Å². The van der Waals surface area contributed by atoms with Crippen molar-refractivity contribution >= 4 is 11.6 Å². The van der Waals surface area contributed by atoms with Crippen LogP contribution in [0.5, 0.6) is 11.5 Å². The van der Waals surface area contributed by atoms with Crippen molar-refractivity contribution in [2.24, 2.45) is 12.0 Å². The van der Waals surface area contributed by atoms with Gasteiger partial charge in [0.2, 0.25) is 0 Å². The average molecular weight is 329 g/mol. The average Bonchev–Trinajstić information content (AvgIpc) is 2.86. The summed E-state index contributed by atoms with van der Waals surface area (Å²) in [5.41, 5.74) is 2.10. The Hall–Kier alpha value is -2.70. The van der Waals surface area contributed by atoms with Gasteiger partial charge in [0, 0.05) is 45.0 Å². The Morgan fingerprint density at radius 1 is 1.29 bits per heavy atom. The summed E-state index contributed by atoms with van der Waals surface area (Å²) < 4.78 is 13.2. The van der Waals surface area contributed by atoms with Crippen molar-refractivity contribution in [2.75, 3.05) is 32.1 Å². The molecule has 128 valence electrons. The summed E-state index contributed by atoms with van der Waals surface area (Å²) in [6, 6.07) is 5.82. The Morgan fingerprint density at radius 2 is 2.12 bits per heavy atom. The lowest BCUT2D eigenvalue weighted by molar-refractivity contribution is 0.297. The Kier molecular flexibility index (Phi) is 5.20. The van der Waals surface area contributed by atoms with Gasteiger partial charge in [-0.05, 0) is 24.1 Å². The molecule has 2 aromatic rings. The molecule has 0 unspecified atom stereocenters. The molecule has 0 saturated carbocycles. The quantitative estimate of drug-likeness (QED) is 0.661. The fourth-order valence-corrected chi connectivity index (χ4v) is 2.48. The number of rotatable bonds is 4. The van der Waals surface area contributed by atoms with E-state index in [1.165, 1.54) is 5.56 Å². The summed E-state index contributed by atoms with van der Waals surface area (Å²) in [5.74, 6) is 2.27. The van der Waals surface area contributed by atoms with E-state index in [4.69, 9.17) is 9.47 Å². The van der Waals surface area contributed by atoms with E-state index in [-0.39, 0.29) is 0 Å². The van der Waals surface area contributed by atoms with Crippen LogP contribution in [0.15, 0.2) is 35.6 Å². The summed E-state index contributed by atoms with van der Waals surface area (Å²) in [5, 5.41) is 10.7. The molecule has 0 atom stereocenters. The van der Waals surface area contributed by atoms with Crippen LogP contribution in [0.3, 0.4) is 0 Å². The minimum absolute atomic E-state index is 0.675. The molecule has 1 aromatic heterocycles. The second-order valence-corrected chi connectivity index (χ2v) is 5.61. The maximum absolute atomic E-state index is 5.71. The van der Waals surface area contributed by atoms with Gasteiger partial charge < -0.3 is 20.1 Å². The van der Waals surface area contributed by atoms with E-state index in [1.54, 1.807) is 11.7 Å². The van der Waals surface area contributed by atoms with Gasteiger partial charge in [-0.2, -0.15) is 5.10 Å². The monoisotopic (exact) mass is 329 g/mol. The third-order valence-electron chi connectivity index (χ3n) is 3.70. The number of hydrogen-bond donors (Lipinski definition) is 2. The van der Waals surface area contributed by atoms with E-state index in [1.807, 2.05) is 37.6 Å². The summed E-state index contributed by atoms with van der Waals surface area (Å²) in [4.78, 5) is 4.25. The van der Waals surface area contributed by atoms with Crippen molar-refractivity contribution in [2.45, 2.75) is 12.8 Å². The molecule has 24 heavy (non-hydrogen) atoms. The second kappa shape index (κ2) is 7.72. The topological polar surface area (TPSA) is 72.7 Å². The predicted octanol–water partition coefficient (Wildman–Crippen LogP) is 1.81. The molecule has 3 rings (SSSR count). The van der Waals surface area contributed by atoms with Gasteiger partial charge >= 0.3 is 0 Å². The van der Waals surface area contributed by atoms with Crippen molar-refractivity contribution in [1.29, 1.82) is 0 Å². The Morgan fingerprint density at radius 3 is 2.88 bits per heavy atom. The highest BCUT2D eigenvalue weighted by molar-refractivity contribution is 5.93. The maximum Gasteiger partial charge on any atom is 0.195 e. The summed E-state index contributed by atoms with van der Waals surface area (Å²) in [6.45, 7) is 2.14. The third kappa shape index (κ3) is 4.18. The zero-order chi connectivity index (χ0) is 16.8. The van der Waals surface area contributed by atoms with Crippen molar-refractivity contribution in [3.05, 3.63) is 36.2 Å². The van der Waals surface area contributed by atoms with E-state index in [0.717, 1.165) is 36.6 Å². The van der Waals surface area contributed by atoms with Crippen molar-refractivity contribution in [3.8, 4) is 11.5 Å². The minimum Gasteiger partial charge on any atom is -0.490 e. The molecular formula is C17H23N5O2. The van der Waals surface area contributed by atoms with Crippen LogP contribution in [0.1, 0.15) is 12.0 Å². The number of aryl methyl sites for hydroxylation is 1. The molecule has 0 bridgehead atoms. The smallest absolute Gasteiger partial charge is 0.195 e. The van der Waals surface area contributed by atoms with E-state index < -0.39 is 0 Å². The molecule has 7 nitrogen and oxygen atoms in total. The molecule has 0 fully saturated rings. The number of fused-ring (bicyclic) bond motifs is 1. The largest absolute Gasteiger partial charge is 0.490 e. The molecule has 0 saturated heterocycles. The summed E-state index contributed by atoms with van der Waals surface area (Å²) in [6.07, 6.45) is 5.67. The zero-order valence-electron chi connectivity index (χ0n) is 14.1. The van der Waals surface area contributed by atoms with Crippen LogP contribution in [-0.2, 0) is 13.5 Å². The third-order valence-corrected chi connectivity index (χ3v) is 3.70. The fourth-order valence-electron chi connectivity index (χ4n) is 2.48. The van der Waals surface area contributed by atoms with Gasteiger partial charge in [-0.3, -0.25) is 9.67 Å². The van der Waals surface area contributed by atoms with Crippen LogP contribution in [0.2, 0.25) is 0 Å². The highest BCUT2D eigenvalue weighted by Crippen LogP contribution is 2.32. The fraction of sp³-hybridized carbons (Fsp3) is 0.412. The SMILES string of the molecule is CN=C(NCCc1cnn(C)c1)Nc1ccc2c(c1)OCCCO2. The van der Waals surface area contributed by atoms with Gasteiger partial charge in [0.1, 0.15) is 0 Å². The summed E-state index contributed by atoms with van der Waals surface area (Å²) >= 11 is 0. The molecule has 0 aliphatic carbocycles. The molecule has 1 aliphatic heterocycles. The first-order valence-electron chi connectivity index (χ1n) is 8.09. The van der Waals surface area contributed by atoms with Gasteiger partial charge in [0.25, 0.3) is 0 Å². The van der Waals surface area contributed by atoms with Crippen molar-refractivity contribution in [3.63, 3.8) is 0 Å². The first-order chi connectivity index (χ1) is 11.7. The number of guanidine groups is 1. The molecule has 7 heteroatoms. The van der Waals surface area contributed by atoms with Crippen LogP contribution < -0.4 is 20.1 Å². The lowest BCUT2D eigenvalue weighted by Gasteiger charge is -2.13. The first kappa shape index (κ1) is 16.2. The number of hydrogen-bond acceptors (Lipinski definition) is 4. The molecule has 1 aromatic carbocycles. The number of nitrogens with zero attached hydrogens (tertiary/aromatic N) is 3. The lowest BCUT2D eigenvalue weighted by Crippen LogP contribution is -2.32. The molecular weight excluding hydrogens is 306 g/mol. The van der Waals surface area contributed by atoms with Gasteiger partial charge in [0.15, 0.2) is 17.5 Å². The number of aliphatic imine (C=N–C) groups is 1. The number of benzene rings is 1. The van der Waals surface area contributed by atoms with E-state index in [0.29, 0.717) is 19.2 Å². The molecule has 0 spiro atoms. The van der Waals surface area contributed by atoms with Crippen LogP contribution in [-0.4, -0.2) is 42.5 Å².